The van der Waals surface area contributed by atoms with E-state index in [-0.39, 0.29) is 5.41 Å². The van der Waals surface area contributed by atoms with Crippen molar-refractivity contribution in [2.45, 2.75) is 31.6 Å². The van der Waals surface area contributed by atoms with Crippen molar-refractivity contribution >= 4 is 11.0 Å². The molecule has 0 radical (unpaired) electrons. The third-order valence-electron chi connectivity index (χ3n) is 4.64. The molecule has 0 amide bonds. The van der Waals surface area contributed by atoms with Crippen LogP contribution >= 0.6 is 0 Å². The first-order valence-electron chi connectivity index (χ1n) is 7.55. The number of nitrogens with zero attached hydrogens (tertiary/aromatic N) is 1. The van der Waals surface area contributed by atoms with Gasteiger partial charge in [0.15, 0.2) is 11.5 Å². The highest BCUT2D eigenvalue weighted by molar-refractivity contribution is 5.80. The summed E-state index contributed by atoms with van der Waals surface area (Å²) >= 11 is 0. The Hall–Kier alpha value is -1.75. The molecule has 21 heavy (non-hydrogen) atoms. The highest BCUT2D eigenvalue weighted by atomic mass is 16.5. The van der Waals surface area contributed by atoms with Gasteiger partial charge in [-0.1, -0.05) is 6.92 Å². The maximum absolute atomic E-state index is 5.37. The number of hydrogen-bond donors (Lipinski definition) is 2. The normalized spacial score (nSPS) is 22.4. The molecule has 2 N–H and O–H groups in total. The van der Waals surface area contributed by atoms with E-state index < -0.39 is 0 Å². The fraction of sp³-hybridized carbons (Fsp3) is 0.562. The summed E-state index contributed by atoms with van der Waals surface area (Å²) < 4.78 is 10.7. The Labute approximate surface area is 125 Å². The number of rotatable bonds is 4. The van der Waals surface area contributed by atoms with Crippen molar-refractivity contribution in [3.8, 4) is 11.5 Å². The van der Waals surface area contributed by atoms with Gasteiger partial charge in [0.05, 0.1) is 25.3 Å². The van der Waals surface area contributed by atoms with E-state index in [1.165, 1.54) is 12.8 Å². The van der Waals surface area contributed by atoms with Crippen molar-refractivity contribution in [2.75, 3.05) is 27.3 Å². The molecule has 1 aliphatic heterocycles. The molecule has 1 saturated heterocycles. The van der Waals surface area contributed by atoms with E-state index in [1.54, 1.807) is 14.2 Å². The molecular formula is C16H23N3O2. The van der Waals surface area contributed by atoms with Crippen LogP contribution in [0.1, 0.15) is 32.0 Å². The van der Waals surface area contributed by atoms with E-state index in [0.717, 1.165) is 47.9 Å². The minimum Gasteiger partial charge on any atom is -0.493 e. The minimum absolute atomic E-state index is 0.109. The SMILES string of the molecule is CCC1(c2nc3cc(OC)c(OC)cc3[nH]2)CCCNC1. The number of benzene rings is 1. The number of methoxy groups -OCH3 is 2. The van der Waals surface area contributed by atoms with Crippen molar-refractivity contribution in [1.29, 1.82) is 0 Å². The Morgan fingerprint density at radius 2 is 2.00 bits per heavy atom. The fourth-order valence-electron chi connectivity index (χ4n) is 3.23. The Kier molecular flexibility index (Phi) is 3.76. The second kappa shape index (κ2) is 5.56. The molecule has 2 heterocycles. The summed E-state index contributed by atoms with van der Waals surface area (Å²) in [5.74, 6) is 2.52. The van der Waals surface area contributed by atoms with Crippen LogP contribution in [0.25, 0.3) is 11.0 Å². The van der Waals surface area contributed by atoms with Crippen molar-refractivity contribution in [2.24, 2.45) is 0 Å². The van der Waals surface area contributed by atoms with Gasteiger partial charge in [-0.25, -0.2) is 4.98 Å². The molecule has 1 fully saturated rings. The molecule has 2 aromatic rings. The maximum atomic E-state index is 5.37. The Morgan fingerprint density at radius 1 is 1.24 bits per heavy atom. The number of hydrogen-bond acceptors (Lipinski definition) is 4. The first kappa shape index (κ1) is 14.2. The van der Waals surface area contributed by atoms with Gasteiger partial charge in [0, 0.05) is 24.1 Å². The number of aromatic amines is 1. The van der Waals surface area contributed by atoms with Crippen LogP contribution in [0.3, 0.4) is 0 Å². The van der Waals surface area contributed by atoms with Crippen LogP contribution in [0, 0.1) is 0 Å². The summed E-state index contributed by atoms with van der Waals surface area (Å²) in [5, 5.41) is 3.51. The molecule has 5 nitrogen and oxygen atoms in total. The number of imidazole rings is 1. The zero-order valence-corrected chi connectivity index (χ0v) is 13.0. The molecule has 0 saturated carbocycles. The first-order chi connectivity index (χ1) is 10.2. The van der Waals surface area contributed by atoms with Gasteiger partial charge in [-0.15, -0.1) is 0 Å². The van der Waals surface area contributed by atoms with E-state index >= 15 is 0 Å². The first-order valence-corrected chi connectivity index (χ1v) is 7.55. The molecule has 1 atom stereocenters. The van der Waals surface area contributed by atoms with E-state index in [1.807, 2.05) is 12.1 Å². The quantitative estimate of drug-likeness (QED) is 0.908. The van der Waals surface area contributed by atoms with Crippen molar-refractivity contribution in [3.63, 3.8) is 0 Å². The molecule has 1 aromatic heterocycles. The van der Waals surface area contributed by atoms with E-state index in [2.05, 4.69) is 17.2 Å². The summed E-state index contributed by atoms with van der Waals surface area (Å²) in [6.07, 6.45) is 3.44. The van der Waals surface area contributed by atoms with Crippen LogP contribution in [0.15, 0.2) is 12.1 Å². The number of H-pyrrole nitrogens is 1. The van der Waals surface area contributed by atoms with Crippen molar-refractivity contribution in [3.05, 3.63) is 18.0 Å². The zero-order chi connectivity index (χ0) is 14.9. The van der Waals surface area contributed by atoms with E-state index in [4.69, 9.17) is 14.5 Å². The van der Waals surface area contributed by atoms with Gasteiger partial charge < -0.3 is 19.8 Å². The monoisotopic (exact) mass is 289 g/mol. The lowest BCUT2D eigenvalue weighted by atomic mass is 9.77. The average Bonchev–Trinajstić information content (AvgIpc) is 2.97. The Morgan fingerprint density at radius 3 is 2.62 bits per heavy atom. The van der Waals surface area contributed by atoms with Crippen LogP contribution in [-0.4, -0.2) is 37.3 Å². The number of fused-ring (bicyclic) bond motifs is 1. The topological polar surface area (TPSA) is 59.2 Å². The fourth-order valence-corrected chi connectivity index (χ4v) is 3.23. The lowest BCUT2D eigenvalue weighted by Gasteiger charge is -2.35. The molecular weight excluding hydrogens is 266 g/mol. The molecule has 0 bridgehead atoms. The van der Waals surface area contributed by atoms with Gasteiger partial charge in [0.2, 0.25) is 0 Å². The van der Waals surface area contributed by atoms with Crippen molar-refractivity contribution in [1.82, 2.24) is 15.3 Å². The number of aromatic nitrogens is 2. The van der Waals surface area contributed by atoms with Crippen LogP contribution in [0.2, 0.25) is 0 Å². The molecule has 5 heteroatoms. The van der Waals surface area contributed by atoms with Crippen LogP contribution in [-0.2, 0) is 5.41 Å². The molecule has 3 rings (SSSR count). The van der Waals surface area contributed by atoms with Gasteiger partial charge in [-0.2, -0.15) is 0 Å². The van der Waals surface area contributed by atoms with E-state index in [9.17, 15) is 0 Å². The summed E-state index contributed by atoms with van der Waals surface area (Å²) in [7, 11) is 3.30. The molecule has 1 aromatic carbocycles. The Bertz CT molecular complexity index is 589. The molecule has 1 unspecified atom stereocenters. The Balaban J connectivity index is 2.07. The number of nitrogens with one attached hydrogen (secondary N) is 2. The van der Waals surface area contributed by atoms with Gasteiger partial charge in [-0.05, 0) is 25.8 Å². The standard InChI is InChI=1S/C16H23N3O2/c1-4-16(6-5-7-17-10-16)15-18-11-8-13(20-2)14(21-3)9-12(11)19-15/h8-9,17H,4-7,10H2,1-3H3,(H,18,19). The van der Waals surface area contributed by atoms with Crippen LogP contribution in [0.5, 0.6) is 11.5 Å². The highest BCUT2D eigenvalue weighted by Gasteiger charge is 2.35. The highest BCUT2D eigenvalue weighted by Crippen LogP contribution is 2.36. The molecule has 1 aliphatic rings. The second-order valence-corrected chi connectivity index (χ2v) is 5.72. The lowest BCUT2D eigenvalue weighted by Crippen LogP contribution is -2.43. The predicted octanol–water partition coefficient (Wildman–Crippen LogP) is 2.61. The third-order valence-corrected chi connectivity index (χ3v) is 4.64. The summed E-state index contributed by atoms with van der Waals surface area (Å²) in [6.45, 7) is 4.32. The molecule has 0 spiro atoms. The summed E-state index contributed by atoms with van der Waals surface area (Å²) in [4.78, 5) is 8.33. The van der Waals surface area contributed by atoms with Crippen LogP contribution < -0.4 is 14.8 Å². The molecule has 0 aliphatic carbocycles. The zero-order valence-electron chi connectivity index (χ0n) is 13.0. The number of ether oxygens (including phenoxy) is 2. The van der Waals surface area contributed by atoms with Crippen LogP contribution in [0.4, 0.5) is 0 Å². The maximum Gasteiger partial charge on any atom is 0.163 e. The summed E-state index contributed by atoms with van der Waals surface area (Å²) in [6, 6.07) is 3.90. The van der Waals surface area contributed by atoms with Gasteiger partial charge >= 0.3 is 0 Å². The van der Waals surface area contributed by atoms with Gasteiger partial charge in [0.25, 0.3) is 0 Å². The number of piperidine rings is 1. The second-order valence-electron chi connectivity index (χ2n) is 5.72. The smallest absolute Gasteiger partial charge is 0.163 e. The molecule has 114 valence electrons. The van der Waals surface area contributed by atoms with Gasteiger partial charge in [0.1, 0.15) is 5.82 Å². The average molecular weight is 289 g/mol. The third kappa shape index (κ3) is 2.35. The lowest BCUT2D eigenvalue weighted by molar-refractivity contribution is 0.290. The van der Waals surface area contributed by atoms with E-state index in [0.29, 0.717) is 0 Å². The van der Waals surface area contributed by atoms with Gasteiger partial charge in [-0.3, -0.25) is 0 Å². The minimum atomic E-state index is 0.109. The summed E-state index contributed by atoms with van der Waals surface area (Å²) in [5.41, 5.74) is 2.04. The van der Waals surface area contributed by atoms with Crippen molar-refractivity contribution < 1.29 is 9.47 Å². The predicted molar refractivity (Wildman–Crippen MR) is 83.3 cm³/mol. The largest absolute Gasteiger partial charge is 0.493 e.